The van der Waals surface area contributed by atoms with E-state index in [1.54, 1.807) is 0 Å². The predicted molar refractivity (Wildman–Crippen MR) is 172 cm³/mol. The minimum atomic E-state index is -1.01. The van der Waals surface area contributed by atoms with Gasteiger partial charge >= 0.3 is 12.1 Å². The zero-order valence-corrected chi connectivity index (χ0v) is 25.2. The van der Waals surface area contributed by atoms with Crippen molar-refractivity contribution in [1.29, 1.82) is 5.26 Å². The highest BCUT2D eigenvalue weighted by molar-refractivity contribution is 5.94. The molecule has 1 aromatic heterocycles. The Bertz CT molecular complexity index is 1770. The second kappa shape index (κ2) is 11.6. The number of nitriles is 1. The van der Waals surface area contributed by atoms with Crippen molar-refractivity contribution in [3.05, 3.63) is 89.6 Å². The van der Waals surface area contributed by atoms with Gasteiger partial charge in [0.15, 0.2) is 0 Å². The first-order chi connectivity index (χ1) is 21.9. The molecular weight excluding hydrogens is 566 g/mol. The first-order valence-corrected chi connectivity index (χ1v) is 15.6. The molecule has 2 aliphatic heterocycles. The standard InChI is InChI=1S/C35H37N7O3/c36-17-16-34(21-25-7-2-1-3-8-25)24-41(19-20-42(34)33(43)44)31-28-13-18-40(30-12-6-10-26-9-4-5-11-27(26)30)22-29(28)38-32(39-31)45-35(23-37)14-15-35/h1-12H,13-16,18-24,37H2,(H,43,44)/t34-/m1/s1. The fraction of sp³-hybridized carbons (Fsp3) is 0.371. The van der Waals surface area contributed by atoms with Crippen LogP contribution in [0, 0.1) is 11.3 Å². The monoisotopic (exact) mass is 603 g/mol. The van der Waals surface area contributed by atoms with Crippen molar-refractivity contribution in [2.24, 2.45) is 5.73 Å². The van der Waals surface area contributed by atoms with Gasteiger partial charge in [0.25, 0.3) is 0 Å². The highest BCUT2D eigenvalue weighted by atomic mass is 16.5. The van der Waals surface area contributed by atoms with Crippen molar-refractivity contribution in [1.82, 2.24) is 14.9 Å². The number of piperazine rings is 1. The molecule has 3 aromatic carbocycles. The number of benzene rings is 3. The Labute approximate surface area is 262 Å². The summed E-state index contributed by atoms with van der Waals surface area (Å²) in [7, 11) is 0. The Hall–Kier alpha value is -4.88. The molecular formula is C35H37N7O3. The number of nitrogens with two attached hydrogens (primary N) is 1. The van der Waals surface area contributed by atoms with Gasteiger partial charge in [-0.1, -0.05) is 66.7 Å². The Morgan fingerprint density at radius 3 is 2.51 bits per heavy atom. The summed E-state index contributed by atoms with van der Waals surface area (Å²) in [5.74, 6) is 0.765. The van der Waals surface area contributed by atoms with Crippen LogP contribution in [0.15, 0.2) is 72.8 Å². The summed E-state index contributed by atoms with van der Waals surface area (Å²) < 4.78 is 6.38. The molecule has 0 bridgehead atoms. The molecule has 1 saturated heterocycles. The lowest BCUT2D eigenvalue weighted by atomic mass is 9.83. The van der Waals surface area contributed by atoms with Crippen LogP contribution in [0.1, 0.15) is 36.1 Å². The second-order valence-electron chi connectivity index (χ2n) is 12.5. The molecule has 3 heterocycles. The van der Waals surface area contributed by atoms with Crippen molar-refractivity contribution in [2.75, 3.05) is 42.5 Å². The quantitative estimate of drug-likeness (QED) is 0.293. The smallest absolute Gasteiger partial charge is 0.407 e. The van der Waals surface area contributed by atoms with Crippen LogP contribution < -0.4 is 20.3 Å². The summed E-state index contributed by atoms with van der Waals surface area (Å²) in [6.45, 7) is 2.81. The van der Waals surface area contributed by atoms with Crippen molar-refractivity contribution < 1.29 is 14.6 Å². The van der Waals surface area contributed by atoms with Crippen molar-refractivity contribution in [3.8, 4) is 12.1 Å². The molecule has 3 aliphatic rings. The molecule has 45 heavy (non-hydrogen) atoms. The largest absolute Gasteiger partial charge is 0.465 e. The third kappa shape index (κ3) is 5.49. The van der Waals surface area contributed by atoms with Gasteiger partial charge in [-0.2, -0.15) is 15.2 Å². The highest BCUT2D eigenvalue weighted by Crippen LogP contribution is 2.41. The lowest BCUT2D eigenvalue weighted by Gasteiger charge is -2.49. The third-order valence-electron chi connectivity index (χ3n) is 9.58. The van der Waals surface area contributed by atoms with Crippen molar-refractivity contribution >= 4 is 28.4 Å². The number of fused-ring (bicyclic) bond motifs is 2. The van der Waals surface area contributed by atoms with Crippen LogP contribution in [0.3, 0.4) is 0 Å². The summed E-state index contributed by atoms with van der Waals surface area (Å²) >= 11 is 0. The molecule has 10 heteroatoms. The van der Waals surface area contributed by atoms with Gasteiger partial charge in [0.2, 0.25) is 0 Å². The van der Waals surface area contributed by atoms with Crippen LogP contribution in [0.4, 0.5) is 16.3 Å². The molecule has 0 unspecified atom stereocenters. The number of ether oxygens (including phenoxy) is 1. The number of carboxylic acid groups (broad SMARTS) is 1. The van der Waals surface area contributed by atoms with E-state index in [1.165, 1.54) is 15.7 Å². The van der Waals surface area contributed by atoms with E-state index in [1.807, 2.05) is 30.3 Å². The van der Waals surface area contributed by atoms with Crippen LogP contribution in [0.5, 0.6) is 6.01 Å². The van der Waals surface area contributed by atoms with Gasteiger partial charge < -0.3 is 25.4 Å². The summed E-state index contributed by atoms with van der Waals surface area (Å²) in [5, 5.41) is 22.6. The van der Waals surface area contributed by atoms with Crippen molar-refractivity contribution in [3.63, 3.8) is 0 Å². The van der Waals surface area contributed by atoms with E-state index >= 15 is 0 Å². The van der Waals surface area contributed by atoms with E-state index in [4.69, 9.17) is 20.4 Å². The van der Waals surface area contributed by atoms with Gasteiger partial charge in [-0.05, 0) is 42.7 Å². The number of nitrogens with zero attached hydrogens (tertiary/aromatic N) is 6. The third-order valence-corrected chi connectivity index (χ3v) is 9.58. The zero-order valence-electron chi connectivity index (χ0n) is 25.2. The van der Waals surface area contributed by atoms with E-state index in [0.717, 1.165) is 54.1 Å². The Morgan fingerprint density at radius 1 is 0.978 bits per heavy atom. The SMILES string of the molecule is N#CC[C@@]1(Cc2ccccc2)CN(c2nc(OC3(CN)CC3)nc3c2CCN(c2cccc4ccccc24)C3)CCN1C(=O)O. The topological polar surface area (TPSA) is 132 Å². The molecule has 3 N–H and O–H groups in total. The maximum absolute atomic E-state index is 12.6. The number of hydrogen-bond donors (Lipinski definition) is 2. The van der Waals surface area contributed by atoms with Gasteiger partial charge in [0.05, 0.1) is 30.3 Å². The van der Waals surface area contributed by atoms with Crippen molar-refractivity contribution in [2.45, 2.75) is 49.8 Å². The Balaban J connectivity index is 1.28. The van der Waals surface area contributed by atoms with E-state index in [9.17, 15) is 15.2 Å². The van der Waals surface area contributed by atoms with Gasteiger partial charge in [-0.15, -0.1) is 0 Å². The van der Waals surface area contributed by atoms with E-state index in [-0.39, 0.29) is 13.0 Å². The fourth-order valence-electron chi connectivity index (χ4n) is 7.01. The lowest BCUT2D eigenvalue weighted by Crippen LogP contribution is -2.65. The number of aromatic nitrogens is 2. The molecule has 7 rings (SSSR count). The molecule has 1 saturated carbocycles. The van der Waals surface area contributed by atoms with Crippen LogP contribution in [0.2, 0.25) is 0 Å². The van der Waals surface area contributed by atoms with Gasteiger partial charge in [0, 0.05) is 49.4 Å². The molecule has 0 radical (unpaired) electrons. The Morgan fingerprint density at radius 2 is 1.76 bits per heavy atom. The summed E-state index contributed by atoms with van der Waals surface area (Å²) in [4.78, 5) is 28.5. The summed E-state index contributed by atoms with van der Waals surface area (Å²) in [5.41, 5.74) is 8.79. The average Bonchev–Trinajstić information content (AvgIpc) is 3.84. The predicted octanol–water partition coefficient (Wildman–Crippen LogP) is 4.76. The number of carbonyl (C=O) groups is 1. The van der Waals surface area contributed by atoms with Crippen LogP contribution >= 0.6 is 0 Å². The highest BCUT2D eigenvalue weighted by Gasteiger charge is 2.47. The van der Waals surface area contributed by atoms with Gasteiger partial charge in [0.1, 0.15) is 11.4 Å². The fourth-order valence-corrected chi connectivity index (χ4v) is 7.01. The lowest BCUT2D eigenvalue weighted by molar-refractivity contribution is 0.0667. The molecule has 1 amide bonds. The normalized spacial score (nSPS) is 20.4. The molecule has 1 aliphatic carbocycles. The maximum atomic E-state index is 12.6. The van der Waals surface area contributed by atoms with Gasteiger partial charge in [-0.3, -0.25) is 4.90 Å². The van der Waals surface area contributed by atoms with E-state index in [2.05, 4.69) is 58.3 Å². The number of amides is 1. The zero-order chi connectivity index (χ0) is 31.0. The minimum absolute atomic E-state index is 0.0620. The molecule has 4 aromatic rings. The molecule has 0 spiro atoms. The Kier molecular flexibility index (Phi) is 7.42. The van der Waals surface area contributed by atoms with Crippen LogP contribution in [-0.2, 0) is 19.4 Å². The van der Waals surface area contributed by atoms with Gasteiger partial charge in [-0.25, -0.2) is 4.79 Å². The number of rotatable bonds is 8. The summed E-state index contributed by atoms with van der Waals surface area (Å²) in [6, 6.07) is 27.2. The van der Waals surface area contributed by atoms with Crippen LogP contribution in [0.25, 0.3) is 10.8 Å². The maximum Gasteiger partial charge on any atom is 0.407 e. The minimum Gasteiger partial charge on any atom is -0.465 e. The first kappa shape index (κ1) is 28.9. The molecule has 1 atom stereocenters. The number of anilines is 2. The summed E-state index contributed by atoms with van der Waals surface area (Å²) in [6.07, 6.45) is 1.92. The molecule has 10 nitrogen and oxygen atoms in total. The van der Waals surface area contributed by atoms with Crippen LogP contribution in [-0.4, -0.2) is 69.9 Å². The van der Waals surface area contributed by atoms with E-state index in [0.29, 0.717) is 38.6 Å². The first-order valence-electron chi connectivity index (χ1n) is 15.6. The van der Waals surface area contributed by atoms with E-state index < -0.39 is 17.2 Å². The average molecular weight is 604 g/mol. The number of hydrogen-bond acceptors (Lipinski definition) is 8. The second-order valence-corrected chi connectivity index (χ2v) is 12.5. The molecule has 230 valence electrons. The molecule has 2 fully saturated rings.